The minimum Gasteiger partial charge on any atom is -0.326 e. The van der Waals surface area contributed by atoms with E-state index in [1.165, 1.54) is 17.7 Å². The Kier molecular flexibility index (Phi) is 4.13. The molecule has 122 valence electrons. The number of nitrogens with zero attached hydrogens (tertiary/aromatic N) is 2. The molecule has 0 amide bonds. The number of hydrogen-bond donors (Lipinski definition) is 0. The molecule has 0 aliphatic heterocycles. The first-order valence-electron chi connectivity index (χ1n) is 8.22. The van der Waals surface area contributed by atoms with Crippen LogP contribution in [0.3, 0.4) is 0 Å². The molecule has 0 N–H and O–H groups in total. The van der Waals surface area contributed by atoms with Crippen molar-refractivity contribution < 1.29 is 4.39 Å². The maximum absolute atomic E-state index is 13.2. The topological polar surface area (TPSA) is 17.8 Å². The van der Waals surface area contributed by atoms with Crippen molar-refractivity contribution in [3.8, 4) is 22.6 Å². The summed E-state index contributed by atoms with van der Waals surface area (Å²) < 4.78 is 15.4. The molecule has 0 unspecified atom stereocenters. The summed E-state index contributed by atoms with van der Waals surface area (Å²) in [5.41, 5.74) is 4.02. The van der Waals surface area contributed by atoms with Gasteiger partial charge in [0.2, 0.25) is 0 Å². The van der Waals surface area contributed by atoms with Crippen LogP contribution in [0.15, 0.2) is 91.1 Å². The zero-order valence-corrected chi connectivity index (χ0v) is 13.6. The van der Waals surface area contributed by atoms with E-state index in [0.29, 0.717) is 0 Å². The first-order chi connectivity index (χ1) is 12.3. The first kappa shape index (κ1) is 15.3. The summed E-state index contributed by atoms with van der Waals surface area (Å²) >= 11 is 0. The quantitative estimate of drug-likeness (QED) is 0.490. The van der Waals surface area contributed by atoms with Gasteiger partial charge in [0, 0.05) is 23.9 Å². The van der Waals surface area contributed by atoms with Gasteiger partial charge in [0.15, 0.2) is 0 Å². The van der Waals surface area contributed by atoms with Crippen molar-refractivity contribution in [1.29, 1.82) is 0 Å². The van der Waals surface area contributed by atoms with Crippen LogP contribution in [0.5, 0.6) is 0 Å². The fourth-order valence-electron chi connectivity index (χ4n) is 2.89. The van der Waals surface area contributed by atoms with Crippen LogP contribution in [0.25, 0.3) is 22.6 Å². The number of benzene rings is 3. The second kappa shape index (κ2) is 6.73. The summed E-state index contributed by atoms with van der Waals surface area (Å²) in [7, 11) is 0. The minimum atomic E-state index is -0.240. The molecule has 4 rings (SSSR count). The molecule has 0 bridgehead atoms. The average Bonchev–Trinajstić information content (AvgIpc) is 3.08. The zero-order chi connectivity index (χ0) is 17.1. The van der Waals surface area contributed by atoms with E-state index in [9.17, 15) is 4.39 Å². The molecule has 0 saturated carbocycles. The zero-order valence-electron chi connectivity index (χ0n) is 13.6. The van der Waals surface area contributed by atoms with Crippen LogP contribution in [0.2, 0.25) is 0 Å². The molecule has 1 heterocycles. The van der Waals surface area contributed by atoms with Crippen molar-refractivity contribution in [3.63, 3.8) is 0 Å². The number of hydrogen-bond acceptors (Lipinski definition) is 1. The van der Waals surface area contributed by atoms with Crippen LogP contribution in [0.1, 0.15) is 5.56 Å². The molecule has 2 nitrogen and oxygen atoms in total. The molecule has 0 aliphatic carbocycles. The van der Waals surface area contributed by atoms with Crippen LogP contribution < -0.4 is 0 Å². The summed E-state index contributed by atoms with van der Waals surface area (Å²) in [6.45, 7) is 0.735. The fourth-order valence-corrected chi connectivity index (χ4v) is 2.89. The number of imidazole rings is 1. The highest BCUT2D eigenvalue weighted by atomic mass is 19.1. The normalized spacial score (nSPS) is 10.8. The Morgan fingerprint density at radius 1 is 0.720 bits per heavy atom. The summed E-state index contributed by atoms with van der Waals surface area (Å²) in [5, 5.41) is 0. The van der Waals surface area contributed by atoms with E-state index in [4.69, 9.17) is 4.98 Å². The van der Waals surface area contributed by atoms with Crippen LogP contribution in [-0.4, -0.2) is 9.55 Å². The second-order valence-corrected chi connectivity index (χ2v) is 5.94. The SMILES string of the molecule is Fc1ccc(-c2cn(Cc3ccccc3)c(-c3ccccc3)n2)cc1. The Balaban J connectivity index is 1.79. The monoisotopic (exact) mass is 328 g/mol. The third kappa shape index (κ3) is 3.36. The Labute approximate surface area is 146 Å². The van der Waals surface area contributed by atoms with Crippen LogP contribution in [-0.2, 0) is 6.54 Å². The number of rotatable bonds is 4. The molecule has 0 radical (unpaired) electrons. The Morgan fingerprint density at radius 2 is 1.36 bits per heavy atom. The largest absolute Gasteiger partial charge is 0.326 e. The lowest BCUT2D eigenvalue weighted by Gasteiger charge is -2.07. The van der Waals surface area contributed by atoms with Gasteiger partial charge < -0.3 is 4.57 Å². The lowest BCUT2D eigenvalue weighted by Crippen LogP contribution is -2.00. The highest BCUT2D eigenvalue weighted by Crippen LogP contribution is 2.26. The molecule has 0 atom stereocenters. The maximum atomic E-state index is 13.2. The molecule has 0 fully saturated rings. The smallest absolute Gasteiger partial charge is 0.140 e. The summed E-state index contributed by atoms with van der Waals surface area (Å²) in [6, 6.07) is 26.9. The van der Waals surface area contributed by atoms with Crippen LogP contribution >= 0.6 is 0 Å². The first-order valence-corrected chi connectivity index (χ1v) is 8.22. The van der Waals surface area contributed by atoms with Gasteiger partial charge in [0.1, 0.15) is 11.6 Å². The molecule has 3 heteroatoms. The molecule has 4 aromatic rings. The fraction of sp³-hybridized carbons (Fsp3) is 0.0455. The van der Waals surface area contributed by atoms with Gasteiger partial charge in [-0.05, 0) is 29.8 Å². The maximum Gasteiger partial charge on any atom is 0.140 e. The van der Waals surface area contributed by atoms with E-state index < -0.39 is 0 Å². The van der Waals surface area contributed by atoms with Gasteiger partial charge >= 0.3 is 0 Å². The molecule has 0 saturated heterocycles. The highest BCUT2D eigenvalue weighted by molar-refractivity contribution is 5.65. The predicted octanol–water partition coefficient (Wildman–Crippen LogP) is 5.40. The van der Waals surface area contributed by atoms with Crippen molar-refractivity contribution in [2.75, 3.05) is 0 Å². The van der Waals surface area contributed by atoms with Gasteiger partial charge in [0.25, 0.3) is 0 Å². The Morgan fingerprint density at radius 3 is 2.04 bits per heavy atom. The van der Waals surface area contributed by atoms with Crippen LogP contribution in [0, 0.1) is 5.82 Å². The van der Waals surface area contributed by atoms with Gasteiger partial charge in [-0.2, -0.15) is 0 Å². The lowest BCUT2D eigenvalue weighted by molar-refractivity contribution is 0.628. The van der Waals surface area contributed by atoms with E-state index >= 15 is 0 Å². The Bertz CT molecular complexity index is 958. The highest BCUT2D eigenvalue weighted by Gasteiger charge is 2.12. The Hall–Kier alpha value is -3.20. The molecule has 0 aliphatic rings. The predicted molar refractivity (Wildman–Crippen MR) is 98.6 cm³/mol. The molecule has 0 spiro atoms. The number of halogens is 1. The standard InChI is InChI=1S/C22H17FN2/c23-20-13-11-18(12-14-20)21-16-25(15-17-7-3-1-4-8-17)22(24-21)19-9-5-2-6-10-19/h1-14,16H,15H2. The molecular weight excluding hydrogens is 311 g/mol. The van der Waals surface area contributed by atoms with E-state index in [1.807, 2.05) is 42.6 Å². The van der Waals surface area contributed by atoms with Crippen molar-refractivity contribution in [2.24, 2.45) is 0 Å². The molecular formula is C22H17FN2. The van der Waals surface area contributed by atoms with Crippen molar-refractivity contribution in [3.05, 3.63) is 103 Å². The van der Waals surface area contributed by atoms with Gasteiger partial charge in [-0.15, -0.1) is 0 Å². The number of aromatic nitrogens is 2. The second-order valence-electron chi connectivity index (χ2n) is 5.94. The van der Waals surface area contributed by atoms with Crippen LogP contribution in [0.4, 0.5) is 4.39 Å². The van der Waals surface area contributed by atoms with Crippen molar-refractivity contribution in [2.45, 2.75) is 6.54 Å². The van der Waals surface area contributed by atoms with E-state index in [1.54, 1.807) is 12.1 Å². The van der Waals surface area contributed by atoms with E-state index in [-0.39, 0.29) is 5.82 Å². The summed E-state index contributed by atoms with van der Waals surface area (Å²) in [5.74, 6) is 0.666. The molecule has 3 aromatic carbocycles. The van der Waals surface area contributed by atoms with Gasteiger partial charge in [0.05, 0.1) is 5.69 Å². The summed E-state index contributed by atoms with van der Waals surface area (Å²) in [6.07, 6.45) is 2.03. The average molecular weight is 328 g/mol. The van der Waals surface area contributed by atoms with Crippen molar-refractivity contribution in [1.82, 2.24) is 9.55 Å². The minimum absolute atomic E-state index is 0.240. The third-order valence-electron chi connectivity index (χ3n) is 4.14. The molecule has 1 aromatic heterocycles. The van der Waals surface area contributed by atoms with Gasteiger partial charge in [-0.25, -0.2) is 9.37 Å². The van der Waals surface area contributed by atoms with Gasteiger partial charge in [-0.1, -0.05) is 60.7 Å². The molecule has 25 heavy (non-hydrogen) atoms. The van der Waals surface area contributed by atoms with E-state index in [2.05, 4.69) is 28.8 Å². The third-order valence-corrected chi connectivity index (χ3v) is 4.14. The lowest BCUT2D eigenvalue weighted by atomic mass is 10.2. The summed E-state index contributed by atoms with van der Waals surface area (Å²) in [4.78, 5) is 4.82. The van der Waals surface area contributed by atoms with Crippen molar-refractivity contribution >= 4 is 0 Å². The van der Waals surface area contributed by atoms with Gasteiger partial charge in [-0.3, -0.25) is 0 Å². The van der Waals surface area contributed by atoms with E-state index in [0.717, 1.165) is 29.2 Å².